The number of nitrogens with one attached hydrogen (secondary N) is 1. The third-order valence-corrected chi connectivity index (χ3v) is 5.50. The Bertz CT molecular complexity index is 1260. The molecule has 32 heavy (non-hydrogen) atoms. The summed E-state index contributed by atoms with van der Waals surface area (Å²) in [6.45, 7) is 0.437. The van der Waals surface area contributed by atoms with E-state index >= 15 is 0 Å². The highest BCUT2D eigenvalue weighted by Gasteiger charge is 2.11. The maximum Gasteiger partial charge on any atom is 0.277 e. The highest BCUT2D eigenvalue weighted by atomic mass is 35.5. The standard InChI is InChI=1S/C24H18Cl3N3O2/c25-18-10-20(26)24(21(27)11-18)32-15-23(31)29-28-12-17-14-30(13-16-6-2-1-3-7-16)22-9-5-4-8-19(17)22/h1-12,14H,13,15H2,(H,29,31)/b28-12-. The number of benzene rings is 3. The highest BCUT2D eigenvalue weighted by Crippen LogP contribution is 2.35. The lowest BCUT2D eigenvalue weighted by molar-refractivity contribution is -0.123. The summed E-state index contributed by atoms with van der Waals surface area (Å²) in [5, 5.41) is 5.95. The number of fused-ring (bicyclic) bond motifs is 1. The fourth-order valence-corrected chi connectivity index (χ4v) is 4.23. The summed E-state index contributed by atoms with van der Waals surface area (Å²) >= 11 is 18.0. The molecule has 0 aliphatic rings. The number of amides is 1. The molecule has 8 heteroatoms. The lowest BCUT2D eigenvalue weighted by Gasteiger charge is -2.09. The second-order valence-electron chi connectivity index (χ2n) is 7.00. The van der Waals surface area contributed by atoms with Crippen LogP contribution in [-0.4, -0.2) is 23.3 Å². The molecule has 1 N–H and O–H groups in total. The number of halogens is 3. The van der Waals surface area contributed by atoms with Gasteiger partial charge in [0.25, 0.3) is 5.91 Å². The molecule has 0 fully saturated rings. The zero-order valence-electron chi connectivity index (χ0n) is 16.8. The number of carbonyl (C=O) groups excluding carboxylic acids is 1. The predicted octanol–water partition coefficient (Wildman–Crippen LogP) is 6.18. The second-order valence-corrected chi connectivity index (χ2v) is 8.25. The molecule has 1 amide bonds. The molecule has 1 aromatic heterocycles. The molecule has 0 saturated heterocycles. The van der Waals surface area contributed by atoms with Gasteiger partial charge in [-0.05, 0) is 23.8 Å². The lowest BCUT2D eigenvalue weighted by atomic mass is 10.2. The van der Waals surface area contributed by atoms with Gasteiger partial charge in [0.15, 0.2) is 12.4 Å². The Morgan fingerprint density at radius 1 is 1.00 bits per heavy atom. The largest absolute Gasteiger partial charge is 0.481 e. The molecule has 3 aromatic carbocycles. The first-order valence-corrected chi connectivity index (χ1v) is 10.9. The van der Waals surface area contributed by atoms with Crippen molar-refractivity contribution in [2.75, 3.05) is 6.61 Å². The minimum absolute atomic E-state index is 0.195. The molecule has 0 unspecified atom stereocenters. The van der Waals surface area contributed by atoms with Crippen LogP contribution in [0, 0.1) is 0 Å². The van der Waals surface area contributed by atoms with E-state index in [1.54, 1.807) is 6.21 Å². The van der Waals surface area contributed by atoms with E-state index in [0.717, 1.165) is 23.0 Å². The van der Waals surface area contributed by atoms with E-state index in [0.29, 0.717) is 5.02 Å². The first-order valence-electron chi connectivity index (χ1n) is 9.72. The predicted molar refractivity (Wildman–Crippen MR) is 130 cm³/mol. The van der Waals surface area contributed by atoms with Crippen LogP contribution in [0.2, 0.25) is 15.1 Å². The van der Waals surface area contributed by atoms with E-state index in [1.807, 2.05) is 42.6 Å². The van der Waals surface area contributed by atoms with Crippen LogP contribution >= 0.6 is 34.8 Å². The van der Waals surface area contributed by atoms with Crippen molar-refractivity contribution < 1.29 is 9.53 Å². The van der Waals surface area contributed by atoms with Gasteiger partial charge < -0.3 is 9.30 Å². The molecular weight excluding hydrogens is 469 g/mol. The number of rotatable bonds is 7. The summed E-state index contributed by atoms with van der Waals surface area (Å²) in [5.74, 6) is -0.253. The van der Waals surface area contributed by atoms with E-state index in [-0.39, 0.29) is 22.4 Å². The molecular formula is C24H18Cl3N3O2. The first-order chi connectivity index (χ1) is 15.5. The van der Waals surface area contributed by atoms with Gasteiger partial charge in [-0.25, -0.2) is 5.43 Å². The van der Waals surface area contributed by atoms with Crippen molar-refractivity contribution in [1.82, 2.24) is 9.99 Å². The number of carbonyl (C=O) groups is 1. The fourth-order valence-electron chi connectivity index (χ4n) is 3.30. The normalized spacial score (nSPS) is 11.2. The lowest BCUT2D eigenvalue weighted by Crippen LogP contribution is -2.24. The molecule has 5 nitrogen and oxygen atoms in total. The minimum atomic E-state index is -0.448. The summed E-state index contributed by atoms with van der Waals surface area (Å²) in [7, 11) is 0. The van der Waals surface area contributed by atoms with Crippen molar-refractivity contribution in [3.8, 4) is 5.75 Å². The van der Waals surface area contributed by atoms with E-state index in [4.69, 9.17) is 39.5 Å². The topological polar surface area (TPSA) is 55.6 Å². The van der Waals surface area contributed by atoms with Gasteiger partial charge in [-0.1, -0.05) is 83.3 Å². The van der Waals surface area contributed by atoms with Crippen molar-refractivity contribution in [1.29, 1.82) is 0 Å². The number of hydrogen-bond donors (Lipinski definition) is 1. The van der Waals surface area contributed by atoms with Crippen molar-refractivity contribution in [2.45, 2.75) is 6.54 Å². The molecule has 1 heterocycles. The molecule has 0 radical (unpaired) electrons. The first kappa shape index (κ1) is 22.2. The summed E-state index contributed by atoms with van der Waals surface area (Å²) < 4.78 is 7.57. The van der Waals surface area contributed by atoms with Gasteiger partial charge in [-0.3, -0.25) is 4.79 Å². The smallest absolute Gasteiger partial charge is 0.277 e. The van der Waals surface area contributed by atoms with Crippen LogP contribution in [0.25, 0.3) is 10.9 Å². The third kappa shape index (κ3) is 5.25. The van der Waals surface area contributed by atoms with Gasteiger partial charge >= 0.3 is 0 Å². The molecule has 4 aromatic rings. The van der Waals surface area contributed by atoms with Crippen LogP contribution < -0.4 is 10.2 Å². The summed E-state index contributed by atoms with van der Waals surface area (Å²) in [5.41, 5.74) is 5.63. The van der Waals surface area contributed by atoms with Gasteiger partial charge in [-0.2, -0.15) is 5.10 Å². The Kier molecular flexibility index (Phi) is 7.00. The molecule has 4 rings (SSSR count). The van der Waals surface area contributed by atoms with Crippen molar-refractivity contribution in [3.05, 3.63) is 99.1 Å². The Morgan fingerprint density at radius 3 is 2.44 bits per heavy atom. The Balaban J connectivity index is 1.43. The molecule has 0 saturated carbocycles. The number of aromatic nitrogens is 1. The Labute approximate surface area is 200 Å². The summed E-state index contributed by atoms with van der Waals surface area (Å²) in [6, 6.07) is 21.2. The second kappa shape index (κ2) is 10.1. The molecule has 0 atom stereocenters. The molecule has 0 bridgehead atoms. The maximum atomic E-state index is 12.1. The van der Waals surface area contributed by atoms with Gasteiger partial charge in [0.2, 0.25) is 0 Å². The zero-order chi connectivity index (χ0) is 22.5. The third-order valence-electron chi connectivity index (χ3n) is 4.72. The monoisotopic (exact) mass is 485 g/mol. The SMILES string of the molecule is O=C(COc1c(Cl)cc(Cl)cc1Cl)N/N=C\c1cn(Cc2ccccc2)c2ccccc12. The Hall–Kier alpha value is -2.99. The number of nitrogens with zero attached hydrogens (tertiary/aromatic N) is 2. The van der Waals surface area contributed by atoms with Gasteiger partial charge in [0.1, 0.15) is 0 Å². The van der Waals surface area contributed by atoms with Crippen molar-refractivity contribution in [3.63, 3.8) is 0 Å². The van der Waals surface area contributed by atoms with Crippen molar-refractivity contribution in [2.24, 2.45) is 5.10 Å². The van der Waals surface area contributed by atoms with E-state index in [2.05, 4.69) is 33.3 Å². The van der Waals surface area contributed by atoms with E-state index in [9.17, 15) is 4.79 Å². The van der Waals surface area contributed by atoms with E-state index < -0.39 is 5.91 Å². The fraction of sp³-hybridized carbons (Fsp3) is 0.0833. The number of ether oxygens (including phenoxy) is 1. The van der Waals surface area contributed by atoms with Gasteiger partial charge in [0, 0.05) is 34.2 Å². The zero-order valence-corrected chi connectivity index (χ0v) is 19.0. The van der Waals surface area contributed by atoms with Crippen LogP contribution in [0.4, 0.5) is 0 Å². The highest BCUT2D eigenvalue weighted by molar-refractivity contribution is 6.40. The van der Waals surface area contributed by atoms with Crippen LogP contribution in [0.3, 0.4) is 0 Å². The van der Waals surface area contributed by atoms with Crippen molar-refractivity contribution >= 4 is 57.8 Å². The number of hydrogen-bond acceptors (Lipinski definition) is 3. The Morgan fingerprint density at radius 2 is 1.69 bits per heavy atom. The minimum Gasteiger partial charge on any atom is -0.481 e. The van der Waals surface area contributed by atoms with Crippen LogP contribution in [0.5, 0.6) is 5.75 Å². The van der Waals surface area contributed by atoms with Gasteiger partial charge in [0.05, 0.1) is 16.3 Å². The quantitative estimate of drug-likeness (QED) is 0.250. The van der Waals surface area contributed by atoms with Gasteiger partial charge in [-0.15, -0.1) is 0 Å². The maximum absolute atomic E-state index is 12.1. The van der Waals surface area contributed by atoms with E-state index in [1.165, 1.54) is 17.7 Å². The van der Waals surface area contributed by atoms with Crippen LogP contribution in [-0.2, 0) is 11.3 Å². The average molecular weight is 487 g/mol. The number of para-hydroxylation sites is 1. The molecule has 0 aliphatic heterocycles. The van der Waals surface area contributed by atoms with Crippen LogP contribution in [0.15, 0.2) is 78.0 Å². The summed E-state index contributed by atoms with van der Waals surface area (Å²) in [4.78, 5) is 12.1. The van der Waals surface area contributed by atoms with Crippen LogP contribution in [0.1, 0.15) is 11.1 Å². The number of hydrazone groups is 1. The summed E-state index contributed by atoms with van der Waals surface area (Å²) in [6.07, 6.45) is 3.63. The average Bonchev–Trinajstić information content (AvgIpc) is 3.11. The molecule has 0 spiro atoms. The molecule has 162 valence electrons. The molecule has 0 aliphatic carbocycles.